The van der Waals surface area contributed by atoms with Crippen molar-refractivity contribution in [3.05, 3.63) is 89.1 Å². The molecule has 184 valence electrons. The second-order valence-electron chi connectivity index (χ2n) is 7.64. The number of urea groups is 1. The van der Waals surface area contributed by atoms with Crippen LogP contribution in [0.2, 0.25) is 0 Å². The molecule has 0 radical (unpaired) electrons. The van der Waals surface area contributed by atoms with Gasteiger partial charge in [-0.15, -0.1) is 0 Å². The summed E-state index contributed by atoms with van der Waals surface area (Å²) < 4.78 is 12.8. The highest BCUT2D eigenvalue weighted by Gasteiger charge is 2.19. The number of benzene rings is 2. The van der Waals surface area contributed by atoms with Crippen molar-refractivity contribution >= 4 is 47.4 Å². The Morgan fingerprint density at radius 1 is 1.14 bits per heavy atom. The van der Waals surface area contributed by atoms with Gasteiger partial charge in [0.15, 0.2) is 0 Å². The summed E-state index contributed by atoms with van der Waals surface area (Å²) in [4.78, 5) is 38.0. The fourth-order valence-corrected chi connectivity index (χ4v) is 3.84. The van der Waals surface area contributed by atoms with Crippen LogP contribution in [0.15, 0.2) is 82.2 Å². The Morgan fingerprint density at radius 3 is 2.67 bits per heavy atom. The summed E-state index contributed by atoms with van der Waals surface area (Å²) in [5.41, 5.74) is 1.65. The monoisotopic (exact) mass is 505 g/mol. The van der Waals surface area contributed by atoms with Gasteiger partial charge in [0.2, 0.25) is 0 Å². The number of nitrogens with one attached hydrogen (secondary N) is 1. The van der Waals surface area contributed by atoms with Crippen molar-refractivity contribution in [2.75, 3.05) is 19.0 Å². The molecule has 0 atom stereocenters. The zero-order chi connectivity index (χ0) is 25.7. The number of ether oxygens (including phenoxy) is 1. The van der Waals surface area contributed by atoms with Crippen molar-refractivity contribution in [1.82, 2.24) is 8.87 Å². The molecule has 0 unspecified atom stereocenters. The van der Waals surface area contributed by atoms with Crippen molar-refractivity contribution in [3.8, 4) is 16.9 Å². The number of aliphatic hydroxyl groups excluding tert-OH is 1. The number of carbonyl (C=O) groups excluding carboxylic acids is 2. The van der Waals surface area contributed by atoms with Crippen LogP contribution >= 0.6 is 12.8 Å². The Labute approximate surface area is 211 Å². The van der Waals surface area contributed by atoms with E-state index in [1.165, 1.54) is 24.0 Å². The molecular weight excluding hydrogens is 482 g/mol. The lowest BCUT2D eigenvalue weighted by molar-refractivity contribution is -0.119. The molecule has 0 aliphatic rings. The van der Waals surface area contributed by atoms with Crippen molar-refractivity contribution < 1.29 is 23.8 Å². The molecule has 0 spiro atoms. The molecule has 10 heteroatoms. The second-order valence-corrected chi connectivity index (χ2v) is 8.04. The molecule has 36 heavy (non-hydrogen) atoms. The van der Waals surface area contributed by atoms with Gasteiger partial charge in [-0.2, -0.15) is 0 Å². The summed E-state index contributed by atoms with van der Waals surface area (Å²) in [5.74, 6) is 0.125. The molecule has 3 amide bonds. The lowest BCUT2D eigenvalue weighted by atomic mass is 10.0. The minimum Gasteiger partial charge on any atom is -0.496 e. The quantitative estimate of drug-likeness (QED) is 0.257. The maximum atomic E-state index is 13.3. The number of pyridine rings is 1. The van der Waals surface area contributed by atoms with Crippen molar-refractivity contribution in [2.24, 2.45) is 0 Å². The van der Waals surface area contributed by atoms with Crippen LogP contribution in [-0.4, -0.2) is 39.6 Å². The third-order valence-electron chi connectivity index (χ3n) is 5.40. The average Bonchev–Trinajstić information content (AvgIpc) is 3.42. The highest BCUT2D eigenvalue weighted by atomic mass is 32.1. The summed E-state index contributed by atoms with van der Waals surface area (Å²) in [5, 5.41) is 12.9. The highest BCUT2D eigenvalue weighted by Crippen LogP contribution is 2.32. The van der Waals surface area contributed by atoms with Crippen molar-refractivity contribution in [2.45, 2.75) is 6.54 Å². The number of aromatic nitrogens is 1. The van der Waals surface area contributed by atoms with Gasteiger partial charge in [-0.3, -0.25) is 9.59 Å². The van der Waals surface area contributed by atoms with Crippen LogP contribution in [0.4, 0.5) is 10.5 Å². The molecule has 2 heterocycles. The normalized spacial score (nSPS) is 11.1. The summed E-state index contributed by atoms with van der Waals surface area (Å²) in [6.45, 7) is -0.0467. The van der Waals surface area contributed by atoms with E-state index in [4.69, 9.17) is 9.15 Å². The fraction of sp³-hybridized carbons (Fsp3) is 0.115. The van der Waals surface area contributed by atoms with Crippen LogP contribution in [0.25, 0.3) is 28.1 Å². The van der Waals surface area contributed by atoms with Gasteiger partial charge in [0.05, 0.1) is 31.1 Å². The average molecular weight is 506 g/mol. The van der Waals surface area contributed by atoms with Gasteiger partial charge in [-0.05, 0) is 47.9 Å². The number of rotatable bonds is 7. The molecule has 9 nitrogen and oxygen atoms in total. The standard InChI is InChI=1S/C26H23N3O6S/c1-34-23-16-18(27-26(33)29(36)24(31)11-9-19-6-4-14-35-19)8-10-20(23)21-15-17-5-2-3-7-22(17)28(12-13-30)25(21)32/h2-11,14-16,30,36H,12-13H2,1H3,(H,27,33)/b11-9+. The van der Waals surface area contributed by atoms with E-state index in [0.717, 1.165) is 11.5 Å². The molecule has 4 rings (SSSR count). The number of para-hydroxylation sites is 1. The number of fused-ring (bicyclic) bond motifs is 1. The van der Waals surface area contributed by atoms with Crippen LogP contribution in [-0.2, 0) is 11.3 Å². The number of nitrogens with zero attached hydrogens (tertiary/aromatic N) is 2. The summed E-state index contributed by atoms with van der Waals surface area (Å²) >= 11 is 3.98. The van der Waals surface area contributed by atoms with Crippen LogP contribution < -0.4 is 15.6 Å². The molecule has 2 aromatic heterocycles. The number of furan rings is 1. The molecule has 2 aromatic carbocycles. The van der Waals surface area contributed by atoms with Gasteiger partial charge >= 0.3 is 6.03 Å². The Hall–Kier alpha value is -4.28. The maximum Gasteiger partial charge on any atom is 0.338 e. The number of aliphatic hydroxyl groups is 1. The number of amides is 3. The number of methoxy groups -OCH3 is 1. The van der Waals surface area contributed by atoms with Crippen LogP contribution in [0.5, 0.6) is 5.75 Å². The van der Waals surface area contributed by atoms with E-state index in [1.54, 1.807) is 36.4 Å². The molecular formula is C26H23N3O6S. The second kappa shape index (κ2) is 11.0. The smallest absolute Gasteiger partial charge is 0.338 e. The van der Waals surface area contributed by atoms with Crippen LogP contribution in [0.1, 0.15) is 5.76 Å². The number of anilines is 1. The number of thiol groups is 1. The number of hydrogen-bond donors (Lipinski definition) is 3. The van der Waals surface area contributed by atoms with Crippen molar-refractivity contribution in [3.63, 3.8) is 0 Å². The Kier molecular flexibility index (Phi) is 7.57. The van der Waals surface area contributed by atoms with E-state index in [2.05, 4.69) is 18.1 Å². The first kappa shape index (κ1) is 24.8. The molecule has 4 aromatic rings. The molecule has 0 aliphatic heterocycles. The Balaban J connectivity index is 1.60. The van der Waals surface area contributed by atoms with E-state index >= 15 is 0 Å². The first-order valence-corrected chi connectivity index (χ1v) is 11.3. The fourth-order valence-electron chi connectivity index (χ4n) is 3.72. The van der Waals surface area contributed by atoms with E-state index in [0.29, 0.717) is 38.1 Å². The van der Waals surface area contributed by atoms with Crippen molar-refractivity contribution in [1.29, 1.82) is 0 Å². The topological polar surface area (TPSA) is 114 Å². The summed E-state index contributed by atoms with van der Waals surface area (Å²) in [7, 11) is 1.45. The predicted molar refractivity (Wildman–Crippen MR) is 140 cm³/mol. The first-order chi connectivity index (χ1) is 17.4. The molecule has 0 bridgehead atoms. The van der Waals surface area contributed by atoms with E-state index < -0.39 is 11.9 Å². The molecule has 2 N–H and O–H groups in total. The third-order valence-corrected chi connectivity index (χ3v) is 5.78. The van der Waals surface area contributed by atoms with Crippen LogP contribution in [0, 0.1) is 0 Å². The number of hydrogen-bond acceptors (Lipinski definition) is 7. The van der Waals surface area contributed by atoms with Crippen LogP contribution in [0.3, 0.4) is 0 Å². The molecule has 0 fully saturated rings. The number of carbonyl (C=O) groups is 2. The first-order valence-electron chi connectivity index (χ1n) is 10.9. The summed E-state index contributed by atoms with van der Waals surface area (Å²) in [6.07, 6.45) is 4.04. The lowest BCUT2D eigenvalue weighted by Crippen LogP contribution is -2.31. The van der Waals surface area contributed by atoms with Gasteiger partial charge in [0.1, 0.15) is 11.5 Å². The van der Waals surface area contributed by atoms with E-state index in [1.807, 2.05) is 24.3 Å². The molecule has 0 aliphatic carbocycles. The third kappa shape index (κ3) is 5.19. The van der Waals surface area contributed by atoms with Gasteiger partial charge in [0.25, 0.3) is 11.5 Å². The van der Waals surface area contributed by atoms with Gasteiger partial charge in [-0.25, -0.2) is 9.10 Å². The largest absolute Gasteiger partial charge is 0.496 e. The van der Waals surface area contributed by atoms with E-state index in [9.17, 15) is 19.5 Å². The summed E-state index contributed by atoms with van der Waals surface area (Å²) in [6, 6.07) is 16.5. The SMILES string of the molecule is COc1cc(NC(=O)N(S)C(=O)/C=C/c2ccco2)ccc1-c1cc2ccccc2n(CCO)c1=O. The highest BCUT2D eigenvalue weighted by molar-refractivity contribution is 7.79. The van der Waals surface area contributed by atoms with Gasteiger partial charge < -0.3 is 24.1 Å². The zero-order valence-electron chi connectivity index (χ0n) is 19.2. The van der Waals surface area contributed by atoms with Gasteiger partial charge in [0, 0.05) is 29.9 Å². The maximum absolute atomic E-state index is 13.3. The minimum atomic E-state index is -0.779. The predicted octanol–water partition coefficient (Wildman–Crippen LogP) is 4.18. The number of imide groups is 1. The lowest BCUT2D eigenvalue weighted by Gasteiger charge is -2.16. The Bertz CT molecular complexity index is 1490. The zero-order valence-corrected chi connectivity index (χ0v) is 20.1. The Morgan fingerprint density at radius 2 is 1.94 bits per heavy atom. The van der Waals surface area contributed by atoms with Gasteiger partial charge in [-0.1, -0.05) is 31.0 Å². The van der Waals surface area contributed by atoms with E-state index in [-0.39, 0.29) is 18.7 Å². The molecule has 0 saturated carbocycles. The minimum absolute atomic E-state index is 0.143. The molecule has 0 saturated heterocycles.